The maximum absolute atomic E-state index is 12.5. The van der Waals surface area contributed by atoms with E-state index in [4.69, 9.17) is 0 Å². The lowest BCUT2D eigenvalue weighted by Crippen LogP contribution is -2.43. The first-order valence-corrected chi connectivity index (χ1v) is 9.31. The fourth-order valence-electron chi connectivity index (χ4n) is 3.13. The third kappa shape index (κ3) is 5.48. The molecule has 3 rings (SSSR count). The molecule has 27 heavy (non-hydrogen) atoms. The fraction of sp³-hybridized carbons (Fsp3) is 0.333. The minimum Gasteiger partial charge on any atom is -0.334 e. The number of hydrogen-bond acceptors (Lipinski definition) is 2. The van der Waals surface area contributed by atoms with Crippen LogP contribution in [0.2, 0.25) is 0 Å². The van der Waals surface area contributed by atoms with Crippen LogP contribution in [0.3, 0.4) is 0 Å². The van der Waals surface area contributed by atoms with Gasteiger partial charge in [-0.05, 0) is 36.6 Å². The summed E-state index contributed by atoms with van der Waals surface area (Å²) in [5, 5.41) is 5.89. The van der Waals surface area contributed by atoms with Crippen LogP contribution in [-0.4, -0.2) is 48.0 Å². The number of urea groups is 2. The number of carbonyl (C=O) groups is 2. The second-order valence-corrected chi connectivity index (χ2v) is 6.77. The van der Waals surface area contributed by atoms with Gasteiger partial charge in [0.1, 0.15) is 0 Å². The Bertz CT molecular complexity index is 779. The molecule has 4 amide bonds. The highest BCUT2D eigenvalue weighted by atomic mass is 16.2. The first kappa shape index (κ1) is 18.8. The molecule has 142 valence electrons. The van der Waals surface area contributed by atoms with Crippen LogP contribution in [0.4, 0.5) is 15.3 Å². The number of hydrogen-bond donors (Lipinski definition) is 2. The zero-order valence-electron chi connectivity index (χ0n) is 15.6. The van der Waals surface area contributed by atoms with Crippen LogP contribution in [0.15, 0.2) is 54.6 Å². The summed E-state index contributed by atoms with van der Waals surface area (Å²) >= 11 is 0. The average molecular weight is 366 g/mol. The van der Waals surface area contributed by atoms with Crippen LogP contribution in [0.5, 0.6) is 0 Å². The van der Waals surface area contributed by atoms with Crippen LogP contribution >= 0.6 is 0 Å². The summed E-state index contributed by atoms with van der Waals surface area (Å²) in [4.78, 5) is 28.5. The SMILES string of the molecule is Cc1cccc(NC(=O)N2CCCN(C(=O)NCc3ccccc3)CC2)c1. The smallest absolute Gasteiger partial charge is 0.321 e. The Balaban J connectivity index is 1.49. The molecule has 0 aromatic heterocycles. The molecule has 0 radical (unpaired) electrons. The molecule has 2 aromatic rings. The number of nitrogens with one attached hydrogen (secondary N) is 2. The van der Waals surface area contributed by atoms with Crippen molar-refractivity contribution in [1.82, 2.24) is 15.1 Å². The number of carbonyl (C=O) groups excluding carboxylic acids is 2. The lowest BCUT2D eigenvalue weighted by molar-refractivity contribution is 0.195. The summed E-state index contributed by atoms with van der Waals surface area (Å²) in [6.45, 7) is 4.84. The van der Waals surface area contributed by atoms with Crippen molar-refractivity contribution in [2.45, 2.75) is 19.9 Å². The second kappa shape index (κ2) is 9.07. The number of aryl methyl sites for hydroxylation is 1. The van der Waals surface area contributed by atoms with E-state index in [2.05, 4.69) is 10.6 Å². The summed E-state index contributed by atoms with van der Waals surface area (Å²) < 4.78 is 0. The van der Waals surface area contributed by atoms with E-state index in [0.29, 0.717) is 32.7 Å². The maximum atomic E-state index is 12.5. The molecule has 0 bridgehead atoms. The Kier molecular flexibility index (Phi) is 6.30. The molecular formula is C21H26N4O2. The molecule has 1 fully saturated rings. The van der Waals surface area contributed by atoms with Crippen molar-refractivity contribution in [3.63, 3.8) is 0 Å². The third-order valence-corrected chi connectivity index (χ3v) is 4.63. The van der Waals surface area contributed by atoms with Gasteiger partial charge in [0.2, 0.25) is 0 Å². The van der Waals surface area contributed by atoms with E-state index >= 15 is 0 Å². The summed E-state index contributed by atoms with van der Waals surface area (Å²) in [6, 6.07) is 17.4. The topological polar surface area (TPSA) is 64.7 Å². The van der Waals surface area contributed by atoms with Gasteiger partial charge < -0.3 is 20.4 Å². The minimum atomic E-state index is -0.118. The van der Waals surface area contributed by atoms with Crippen molar-refractivity contribution in [3.8, 4) is 0 Å². The van der Waals surface area contributed by atoms with Crippen molar-refractivity contribution in [2.24, 2.45) is 0 Å². The molecule has 0 aliphatic carbocycles. The zero-order chi connectivity index (χ0) is 19.1. The normalized spacial score (nSPS) is 14.4. The Hall–Kier alpha value is -3.02. The van der Waals surface area contributed by atoms with Gasteiger partial charge in [-0.1, -0.05) is 42.5 Å². The van der Waals surface area contributed by atoms with E-state index in [9.17, 15) is 9.59 Å². The third-order valence-electron chi connectivity index (χ3n) is 4.63. The maximum Gasteiger partial charge on any atom is 0.321 e. The second-order valence-electron chi connectivity index (χ2n) is 6.77. The largest absolute Gasteiger partial charge is 0.334 e. The molecule has 0 spiro atoms. The van der Waals surface area contributed by atoms with E-state index in [1.165, 1.54) is 0 Å². The van der Waals surface area contributed by atoms with E-state index in [0.717, 1.165) is 23.2 Å². The van der Waals surface area contributed by atoms with Crippen molar-refractivity contribution in [3.05, 3.63) is 65.7 Å². The number of amides is 4. The van der Waals surface area contributed by atoms with E-state index in [-0.39, 0.29) is 12.1 Å². The van der Waals surface area contributed by atoms with Crippen LogP contribution in [0.1, 0.15) is 17.5 Å². The Morgan fingerprint density at radius 2 is 1.59 bits per heavy atom. The highest BCUT2D eigenvalue weighted by Crippen LogP contribution is 2.12. The molecule has 1 heterocycles. The fourth-order valence-corrected chi connectivity index (χ4v) is 3.13. The van der Waals surface area contributed by atoms with E-state index in [1.807, 2.05) is 61.5 Å². The first-order valence-electron chi connectivity index (χ1n) is 9.31. The molecule has 0 unspecified atom stereocenters. The molecule has 0 saturated carbocycles. The molecule has 1 saturated heterocycles. The van der Waals surface area contributed by atoms with Crippen molar-refractivity contribution in [1.29, 1.82) is 0 Å². The molecule has 0 atom stereocenters. The molecule has 6 nitrogen and oxygen atoms in total. The Labute approximate surface area is 160 Å². The van der Waals surface area contributed by atoms with Crippen molar-refractivity contribution in [2.75, 3.05) is 31.5 Å². The zero-order valence-corrected chi connectivity index (χ0v) is 15.6. The van der Waals surface area contributed by atoms with Crippen LogP contribution in [0.25, 0.3) is 0 Å². The summed E-state index contributed by atoms with van der Waals surface area (Å²) in [7, 11) is 0. The van der Waals surface area contributed by atoms with Gasteiger partial charge in [-0.25, -0.2) is 9.59 Å². The number of benzene rings is 2. The number of nitrogens with zero attached hydrogens (tertiary/aromatic N) is 2. The van der Waals surface area contributed by atoms with Gasteiger partial charge in [0.15, 0.2) is 0 Å². The Morgan fingerprint density at radius 3 is 2.30 bits per heavy atom. The van der Waals surface area contributed by atoms with Crippen LogP contribution in [0, 0.1) is 6.92 Å². The molecule has 6 heteroatoms. The van der Waals surface area contributed by atoms with Crippen molar-refractivity contribution < 1.29 is 9.59 Å². The van der Waals surface area contributed by atoms with Crippen LogP contribution in [-0.2, 0) is 6.54 Å². The quantitative estimate of drug-likeness (QED) is 0.874. The highest BCUT2D eigenvalue weighted by molar-refractivity contribution is 5.89. The Morgan fingerprint density at radius 1 is 0.889 bits per heavy atom. The van der Waals surface area contributed by atoms with Crippen LogP contribution < -0.4 is 10.6 Å². The van der Waals surface area contributed by atoms with Gasteiger partial charge in [0.25, 0.3) is 0 Å². The van der Waals surface area contributed by atoms with Gasteiger partial charge in [-0.15, -0.1) is 0 Å². The number of anilines is 1. The lowest BCUT2D eigenvalue weighted by atomic mass is 10.2. The monoisotopic (exact) mass is 366 g/mol. The predicted octanol–water partition coefficient (Wildman–Crippen LogP) is 3.44. The van der Waals surface area contributed by atoms with Gasteiger partial charge in [0.05, 0.1) is 0 Å². The van der Waals surface area contributed by atoms with Crippen molar-refractivity contribution >= 4 is 17.7 Å². The van der Waals surface area contributed by atoms with E-state index in [1.54, 1.807) is 9.80 Å². The summed E-state index contributed by atoms with van der Waals surface area (Å²) in [6.07, 6.45) is 0.764. The predicted molar refractivity (Wildman–Crippen MR) is 107 cm³/mol. The van der Waals surface area contributed by atoms with Gasteiger partial charge in [-0.2, -0.15) is 0 Å². The molecular weight excluding hydrogens is 340 g/mol. The van der Waals surface area contributed by atoms with E-state index < -0.39 is 0 Å². The highest BCUT2D eigenvalue weighted by Gasteiger charge is 2.22. The summed E-state index contributed by atoms with van der Waals surface area (Å²) in [5.41, 5.74) is 2.96. The minimum absolute atomic E-state index is 0.0835. The summed E-state index contributed by atoms with van der Waals surface area (Å²) in [5.74, 6) is 0. The lowest BCUT2D eigenvalue weighted by Gasteiger charge is -2.23. The molecule has 2 aromatic carbocycles. The average Bonchev–Trinajstić information content (AvgIpc) is 2.93. The molecule has 1 aliphatic heterocycles. The number of rotatable bonds is 3. The molecule has 1 aliphatic rings. The molecule has 2 N–H and O–H groups in total. The first-order chi connectivity index (χ1) is 13.1. The van der Waals surface area contributed by atoms with Gasteiger partial charge >= 0.3 is 12.1 Å². The van der Waals surface area contributed by atoms with Gasteiger partial charge in [-0.3, -0.25) is 0 Å². The standard InChI is InChI=1S/C21H26N4O2/c1-17-7-5-10-19(15-17)23-21(27)25-12-6-11-24(13-14-25)20(26)22-16-18-8-3-2-4-9-18/h2-5,7-10,15H,6,11-14,16H2,1H3,(H,22,26)(H,23,27). The van der Waals surface area contributed by atoms with Gasteiger partial charge in [0, 0.05) is 38.4 Å².